The smallest absolute Gasteiger partial charge is 0.257 e. The molecule has 4 heteroatoms. The summed E-state index contributed by atoms with van der Waals surface area (Å²) in [5.74, 6) is 0.769. The molecule has 0 unspecified atom stereocenters. The number of rotatable bonds is 5. The molecule has 0 aliphatic carbocycles. The van der Waals surface area contributed by atoms with Gasteiger partial charge in [0.25, 0.3) is 5.91 Å². The lowest BCUT2D eigenvalue weighted by Crippen LogP contribution is -2.34. The molecule has 1 rings (SSSR count). The van der Waals surface area contributed by atoms with E-state index in [4.69, 9.17) is 4.52 Å². The Kier molecular flexibility index (Phi) is 4.73. The number of nitrogens with one attached hydrogen (secondary N) is 1. The van der Waals surface area contributed by atoms with Gasteiger partial charge in [0, 0.05) is 12.0 Å². The monoisotopic (exact) mass is 238 g/mol. The first-order chi connectivity index (χ1) is 8.01. The number of aromatic nitrogens is 1. The van der Waals surface area contributed by atoms with Crippen LogP contribution in [0, 0.1) is 6.92 Å². The number of carbonyl (C=O) groups excluding carboxylic acids is 1. The quantitative estimate of drug-likeness (QED) is 0.857. The van der Waals surface area contributed by atoms with Crippen molar-refractivity contribution in [3.05, 3.63) is 17.0 Å². The van der Waals surface area contributed by atoms with E-state index in [0.29, 0.717) is 17.0 Å². The van der Waals surface area contributed by atoms with Crippen molar-refractivity contribution in [3.63, 3.8) is 0 Å². The van der Waals surface area contributed by atoms with Gasteiger partial charge in [0.1, 0.15) is 5.56 Å². The van der Waals surface area contributed by atoms with Crippen molar-refractivity contribution < 1.29 is 9.32 Å². The van der Waals surface area contributed by atoms with Gasteiger partial charge in [-0.15, -0.1) is 0 Å². The Morgan fingerprint density at radius 3 is 2.41 bits per heavy atom. The van der Waals surface area contributed by atoms with Gasteiger partial charge in [-0.25, -0.2) is 0 Å². The van der Waals surface area contributed by atoms with Gasteiger partial charge in [-0.2, -0.15) is 0 Å². The third-order valence-electron chi connectivity index (χ3n) is 2.96. The number of hydrogen-bond donors (Lipinski definition) is 1. The fraction of sp³-hybridized carbons (Fsp3) is 0.692. The van der Waals surface area contributed by atoms with Crippen molar-refractivity contribution in [2.45, 2.75) is 59.4 Å². The maximum absolute atomic E-state index is 12.2. The zero-order chi connectivity index (χ0) is 13.0. The highest BCUT2D eigenvalue weighted by Crippen LogP contribution is 2.22. The Balaban J connectivity index is 2.91. The van der Waals surface area contributed by atoms with Gasteiger partial charge < -0.3 is 9.84 Å². The minimum atomic E-state index is -0.0684. The first kappa shape index (κ1) is 13.7. The van der Waals surface area contributed by atoms with E-state index in [9.17, 15) is 4.79 Å². The molecule has 1 heterocycles. The molecular formula is C13H22N2O2. The fourth-order valence-electron chi connectivity index (χ4n) is 1.81. The van der Waals surface area contributed by atoms with E-state index in [1.807, 2.05) is 13.8 Å². The Morgan fingerprint density at radius 1 is 1.35 bits per heavy atom. The molecule has 0 bridgehead atoms. The van der Waals surface area contributed by atoms with Gasteiger partial charge in [0.15, 0.2) is 5.76 Å². The standard InChI is InChI=1S/C13H22N2O2/c1-6-10(7-2)14-13(16)11-9(5)15-17-12(11)8(3)4/h8,10H,6-7H2,1-5H3,(H,14,16). The van der Waals surface area contributed by atoms with Crippen LogP contribution in [0.3, 0.4) is 0 Å². The Labute approximate surface area is 103 Å². The molecular weight excluding hydrogens is 216 g/mol. The van der Waals surface area contributed by atoms with Gasteiger partial charge in [-0.05, 0) is 19.8 Å². The van der Waals surface area contributed by atoms with Gasteiger partial charge in [0.05, 0.1) is 5.69 Å². The largest absolute Gasteiger partial charge is 0.360 e. The average molecular weight is 238 g/mol. The molecule has 0 aliphatic rings. The predicted molar refractivity (Wildman–Crippen MR) is 67.2 cm³/mol. The van der Waals surface area contributed by atoms with Crippen LogP contribution in [0.15, 0.2) is 4.52 Å². The summed E-state index contributed by atoms with van der Waals surface area (Å²) in [4.78, 5) is 12.2. The highest BCUT2D eigenvalue weighted by Gasteiger charge is 2.23. The van der Waals surface area contributed by atoms with E-state index in [1.165, 1.54) is 0 Å². The molecule has 17 heavy (non-hydrogen) atoms. The number of aryl methyl sites for hydroxylation is 1. The van der Waals surface area contributed by atoms with Crippen LogP contribution in [-0.4, -0.2) is 17.1 Å². The molecule has 0 aromatic carbocycles. The second kappa shape index (κ2) is 5.84. The molecule has 0 aliphatic heterocycles. The first-order valence-electron chi connectivity index (χ1n) is 6.28. The van der Waals surface area contributed by atoms with Crippen LogP contribution >= 0.6 is 0 Å². The molecule has 4 nitrogen and oxygen atoms in total. The summed E-state index contributed by atoms with van der Waals surface area (Å²) in [7, 11) is 0. The maximum atomic E-state index is 12.2. The summed E-state index contributed by atoms with van der Waals surface area (Å²) in [6.45, 7) is 9.93. The molecule has 1 N–H and O–H groups in total. The van der Waals surface area contributed by atoms with Crippen molar-refractivity contribution in [2.75, 3.05) is 0 Å². The Morgan fingerprint density at radius 2 is 1.94 bits per heavy atom. The summed E-state index contributed by atoms with van der Waals surface area (Å²) in [6.07, 6.45) is 1.87. The number of carbonyl (C=O) groups is 1. The summed E-state index contributed by atoms with van der Waals surface area (Å²) >= 11 is 0. The van der Waals surface area contributed by atoms with E-state index < -0.39 is 0 Å². The minimum absolute atomic E-state index is 0.0684. The second-order valence-corrected chi connectivity index (χ2v) is 4.65. The maximum Gasteiger partial charge on any atom is 0.257 e. The van der Waals surface area contributed by atoms with E-state index in [1.54, 1.807) is 6.92 Å². The van der Waals surface area contributed by atoms with E-state index in [-0.39, 0.29) is 17.9 Å². The summed E-state index contributed by atoms with van der Waals surface area (Å²) in [6, 6.07) is 0.219. The van der Waals surface area contributed by atoms with Crippen molar-refractivity contribution in [1.29, 1.82) is 0 Å². The average Bonchev–Trinajstić information content (AvgIpc) is 2.67. The van der Waals surface area contributed by atoms with Gasteiger partial charge >= 0.3 is 0 Å². The lowest BCUT2D eigenvalue weighted by molar-refractivity contribution is 0.0931. The van der Waals surface area contributed by atoms with Crippen LogP contribution in [0.25, 0.3) is 0 Å². The van der Waals surface area contributed by atoms with Gasteiger partial charge in [-0.1, -0.05) is 32.9 Å². The molecule has 0 spiro atoms. The van der Waals surface area contributed by atoms with E-state index in [2.05, 4.69) is 24.3 Å². The molecule has 0 radical (unpaired) electrons. The number of amides is 1. The van der Waals surface area contributed by atoms with Crippen molar-refractivity contribution in [2.24, 2.45) is 0 Å². The zero-order valence-electron chi connectivity index (χ0n) is 11.3. The molecule has 0 saturated heterocycles. The van der Waals surface area contributed by atoms with Crippen LogP contribution in [-0.2, 0) is 0 Å². The molecule has 1 aromatic heterocycles. The summed E-state index contributed by atoms with van der Waals surface area (Å²) < 4.78 is 5.22. The van der Waals surface area contributed by atoms with Crippen molar-refractivity contribution in [1.82, 2.24) is 10.5 Å². The van der Waals surface area contributed by atoms with Gasteiger partial charge in [-0.3, -0.25) is 4.79 Å². The second-order valence-electron chi connectivity index (χ2n) is 4.65. The van der Waals surface area contributed by atoms with Crippen LogP contribution in [0.2, 0.25) is 0 Å². The van der Waals surface area contributed by atoms with Crippen LogP contribution < -0.4 is 5.32 Å². The zero-order valence-corrected chi connectivity index (χ0v) is 11.3. The summed E-state index contributed by atoms with van der Waals surface area (Å²) in [5, 5.41) is 6.90. The first-order valence-corrected chi connectivity index (χ1v) is 6.28. The highest BCUT2D eigenvalue weighted by molar-refractivity contribution is 5.96. The molecule has 0 atom stereocenters. The van der Waals surface area contributed by atoms with Crippen molar-refractivity contribution in [3.8, 4) is 0 Å². The third-order valence-corrected chi connectivity index (χ3v) is 2.96. The molecule has 96 valence electrons. The summed E-state index contributed by atoms with van der Waals surface area (Å²) in [5.41, 5.74) is 1.27. The molecule has 1 amide bonds. The number of nitrogens with zero attached hydrogens (tertiary/aromatic N) is 1. The van der Waals surface area contributed by atoms with Crippen molar-refractivity contribution >= 4 is 5.91 Å². The lowest BCUT2D eigenvalue weighted by atomic mass is 10.0. The minimum Gasteiger partial charge on any atom is -0.360 e. The molecule has 0 fully saturated rings. The van der Waals surface area contributed by atoms with Crippen LogP contribution in [0.5, 0.6) is 0 Å². The Hall–Kier alpha value is -1.32. The predicted octanol–water partition coefficient (Wildman–Crippen LogP) is 3.02. The third kappa shape index (κ3) is 3.08. The Bertz CT molecular complexity index is 379. The lowest BCUT2D eigenvalue weighted by Gasteiger charge is -2.15. The van der Waals surface area contributed by atoms with E-state index in [0.717, 1.165) is 12.8 Å². The number of hydrogen-bond acceptors (Lipinski definition) is 3. The highest BCUT2D eigenvalue weighted by atomic mass is 16.5. The molecule has 0 saturated carbocycles. The van der Waals surface area contributed by atoms with E-state index >= 15 is 0 Å². The molecule has 1 aromatic rings. The van der Waals surface area contributed by atoms with Crippen LogP contribution in [0.4, 0.5) is 0 Å². The van der Waals surface area contributed by atoms with Crippen LogP contribution in [0.1, 0.15) is 68.3 Å². The normalized spacial score (nSPS) is 11.2. The SMILES string of the molecule is CCC(CC)NC(=O)c1c(C)noc1C(C)C. The fourth-order valence-corrected chi connectivity index (χ4v) is 1.81. The topological polar surface area (TPSA) is 55.1 Å². The van der Waals surface area contributed by atoms with Gasteiger partial charge in [0.2, 0.25) is 0 Å².